The molecule has 0 aliphatic heterocycles. The molecule has 2 rings (SSSR count). The second-order valence-electron chi connectivity index (χ2n) is 4.53. The van der Waals surface area contributed by atoms with Gasteiger partial charge in [0.1, 0.15) is 0 Å². The molecule has 0 fully saturated rings. The van der Waals surface area contributed by atoms with Gasteiger partial charge in [0.15, 0.2) is 0 Å². The molecular formula is C14H17NO2. The standard InChI is InChI=1S/C14H17NO2/c1-9-4-5-12-10(2)11(3)15(13(12)8-9)7-6-14(16)17/h4-5,8H,6-7H2,1-3H3,(H,16,17). The largest absolute Gasteiger partial charge is 0.481 e. The van der Waals surface area contributed by atoms with Gasteiger partial charge in [-0.25, -0.2) is 0 Å². The maximum Gasteiger partial charge on any atom is 0.305 e. The number of fused-ring (bicyclic) bond motifs is 1. The van der Waals surface area contributed by atoms with Gasteiger partial charge in [0.25, 0.3) is 0 Å². The van der Waals surface area contributed by atoms with Gasteiger partial charge in [0, 0.05) is 23.1 Å². The van der Waals surface area contributed by atoms with Gasteiger partial charge >= 0.3 is 5.97 Å². The Morgan fingerprint density at radius 1 is 1.29 bits per heavy atom. The zero-order valence-electron chi connectivity index (χ0n) is 10.4. The molecule has 3 heteroatoms. The minimum atomic E-state index is -0.753. The Kier molecular flexibility index (Phi) is 2.92. The molecule has 1 aromatic heterocycles. The molecule has 0 saturated carbocycles. The van der Waals surface area contributed by atoms with E-state index in [1.54, 1.807) is 0 Å². The summed E-state index contributed by atoms with van der Waals surface area (Å²) in [5, 5.41) is 10.0. The van der Waals surface area contributed by atoms with Gasteiger partial charge in [-0.15, -0.1) is 0 Å². The Hall–Kier alpha value is -1.77. The van der Waals surface area contributed by atoms with Gasteiger partial charge < -0.3 is 9.67 Å². The minimum absolute atomic E-state index is 0.165. The van der Waals surface area contributed by atoms with Gasteiger partial charge in [-0.05, 0) is 38.0 Å². The molecule has 3 nitrogen and oxygen atoms in total. The van der Waals surface area contributed by atoms with Crippen LogP contribution in [-0.4, -0.2) is 15.6 Å². The van der Waals surface area contributed by atoms with Crippen molar-refractivity contribution in [3.63, 3.8) is 0 Å². The summed E-state index contributed by atoms with van der Waals surface area (Å²) in [5.74, 6) is -0.753. The molecule has 17 heavy (non-hydrogen) atoms. The van der Waals surface area contributed by atoms with Crippen molar-refractivity contribution in [2.24, 2.45) is 0 Å². The van der Waals surface area contributed by atoms with E-state index in [4.69, 9.17) is 5.11 Å². The number of hydrogen-bond acceptors (Lipinski definition) is 1. The Labute approximate surface area is 101 Å². The van der Waals surface area contributed by atoms with Crippen molar-refractivity contribution in [3.05, 3.63) is 35.0 Å². The van der Waals surface area contributed by atoms with Crippen molar-refractivity contribution in [1.82, 2.24) is 4.57 Å². The summed E-state index contributed by atoms with van der Waals surface area (Å²) in [6.45, 7) is 6.73. The van der Waals surface area contributed by atoms with Crippen molar-refractivity contribution in [2.75, 3.05) is 0 Å². The van der Waals surface area contributed by atoms with Crippen LogP contribution in [0.3, 0.4) is 0 Å². The Morgan fingerprint density at radius 2 is 2.00 bits per heavy atom. The quantitative estimate of drug-likeness (QED) is 0.882. The lowest BCUT2D eigenvalue weighted by Gasteiger charge is -2.06. The molecule has 1 aromatic carbocycles. The third-order valence-corrected chi connectivity index (χ3v) is 3.34. The maximum absolute atomic E-state index is 10.7. The van der Waals surface area contributed by atoms with Crippen LogP contribution in [0, 0.1) is 20.8 Å². The fraction of sp³-hybridized carbons (Fsp3) is 0.357. The fourth-order valence-electron chi connectivity index (χ4n) is 2.26. The normalized spacial score (nSPS) is 11.0. The van der Waals surface area contributed by atoms with Crippen LogP contribution in [0.15, 0.2) is 18.2 Å². The summed E-state index contributed by atoms with van der Waals surface area (Å²) >= 11 is 0. The number of aryl methyl sites for hydroxylation is 3. The van der Waals surface area contributed by atoms with Gasteiger partial charge in [0.2, 0.25) is 0 Å². The monoisotopic (exact) mass is 231 g/mol. The lowest BCUT2D eigenvalue weighted by Crippen LogP contribution is -2.06. The van der Waals surface area contributed by atoms with Crippen LogP contribution in [0.25, 0.3) is 10.9 Å². The first-order chi connectivity index (χ1) is 8.00. The number of carboxylic acids is 1. The Morgan fingerprint density at radius 3 is 2.65 bits per heavy atom. The van der Waals surface area contributed by atoms with Crippen molar-refractivity contribution < 1.29 is 9.90 Å². The molecule has 0 atom stereocenters. The van der Waals surface area contributed by atoms with Gasteiger partial charge in [0.05, 0.1) is 6.42 Å². The zero-order valence-corrected chi connectivity index (χ0v) is 10.4. The van der Waals surface area contributed by atoms with Crippen LogP contribution in [0.5, 0.6) is 0 Å². The highest BCUT2D eigenvalue weighted by Crippen LogP contribution is 2.26. The predicted molar refractivity (Wildman–Crippen MR) is 68.4 cm³/mol. The molecule has 0 unspecified atom stereocenters. The van der Waals surface area contributed by atoms with E-state index in [-0.39, 0.29) is 6.42 Å². The van der Waals surface area contributed by atoms with Crippen LogP contribution >= 0.6 is 0 Å². The van der Waals surface area contributed by atoms with Crippen LogP contribution in [0.2, 0.25) is 0 Å². The zero-order chi connectivity index (χ0) is 12.6. The van der Waals surface area contributed by atoms with E-state index in [9.17, 15) is 4.79 Å². The first-order valence-electron chi connectivity index (χ1n) is 5.78. The number of hydrogen-bond donors (Lipinski definition) is 1. The topological polar surface area (TPSA) is 42.2 Å². The number of benzene rings is 1. The smallest absolute Gasteiger partial charge is 0.305 e. The Bertz CT molecular complexity index is 581. The third kappa shape index (κ3) is 2.05. The van der Waals surface area contributed by atoms with E-state index in [2.05, 4.69) is 36.6 Å². The van der Waals surface area contributed by atoms with Crippen LogP contribution in [0.4, 0.5) is 0 Å². The molecule has 90 valence electrons. The summed E-state index contributed by atoms with van der Waals surface area (Å²) in [4.78, 5) is 10.7. The first-order valence-corrected chi connectivity index (χ1v) is 5.78. The Balaban J connectivity index is 2.56. The molecule has 0 bridgehead atoms. The second-order valence-corrected chi connectivity index (χ2v) is 4.53. The minimum Gasteiger partial charge on any atom is -0.481 e. The summed E-state index contributed by atoms with van der Waals surface area (Å²) in [7, 11) is 0. The molecular weight excluding hydrogens is 214 g/mol. The lowest BCUT2D eigenvalue weighted by atomic mass is 10.1. The van der Waals surface area contributed by atoms with E-state index in [0.717, 1.165) is 11.2 Å². The third-order valence-electron chi connectivity index (χ3n) is 3.34. The average Bonchev–Trinajstić information content (AvgIpc) is 2.49. The summed E-state index contributed by atoms with van der Waals surface area (Å²) < 4.78 is 2.10. The van der Waals surface area contributed by atoms with E-state index in [0.29, 0.717) is 6.54 Å². The number of carboxylic acid groups (broad SMARTS) is 1. The number of aliphatic carboxylic acids is 1. The molecule has 0 radical (unpaired) electrons. The number of nitrogens with zero attached hydrogens (tertiary/aromatic N) is 1. The number of aromatic nitrogens is 1. The highest BCUT2D eigenvalue weighted by Gasteiger charge is 2.11. The van der Waals surface area contributed by atoms with E-state index in [1.807, 2.05) is 6.92 Å². The second kappa shape index (κ2) is 4.24. The average molecular weight is 231 g/mol. The van der Waals surface area contributed by atoms with Crippen molar-refractivity contribution >= 4 is 16.9 Å². The highest BCUT2D eigenvalue weighted by atomic mass is 16.4. The number of rotatable bonds is 3. The summed E-state index contributed by atoms with van der Waals surface area (Å²) in [6, 6.07) is 6.33. The number of carbonyl (C=O) groups is 1. The SMILES string of the molecule is Cc1ccc2c(C)c(C)n(CCC(=O)O)c2c1. The molecule has 0 aliphatic carbocycles. The van der Waals surface area contributed by atoms with Crippen LogP contribution in [0.1, 0.15) is 23.2 Å². The van der Waals surface area contributed by atoms with Crippen LogP contribution < -0.4 is 0 Å². The molecule has 0 saturated heterocycles. The summed E-state index contributed by atoms with van der Waals surface area (Å²) in [6.07, 6.45) is 0.165. The molecule has 0 aliphatic rings. The maximum atomic E-state index is 10.7. The molecule has 1 heterocycles. The van der Waals surface area contributed by atoms with Crippen LogP contribution in [-0.2, 0) is 11.3 Å². The fourth-order valence-corrected chi connectivity index (χ4v) is 2.26. The molecule has 1 N–H and O–H groups in total. The van der Waals surface area contributed by atoms with Gasteiger partial charge in [-0.3, -0.25) is 4.79 Å². The van der Waals surface area contributed by atoms with Crippen molar-refractivity contribution in [1.29, 1.82) is 0 Å². The van der Waals surface area contributed by atoms with Crippen molar-refractivity contribution in [2.45, 2.75) is 33.7 Å². The lowest BCUT2D eigenvalue weighted by molar-refractivity contribution is -0.137. The molecule has 2 aromatic rings. The summed E-state index contributed by atoms with van der Waals surface area (Å²) in [5.41, 5.74) is 4.74. The van der Waals surface area contributed by atoms with Gasteiger partial charge in [-0.1, -0.05) is 12.1 Å². The van der Waals surface area contributed by atoms with E-state index < -0.39 is 5.97 Å². The van der Waals surface area contributed by atoms with Gasteiger partial charge in [-0.2, -0.15) is 0 Å². The predicted octanol–water partition coefficient (Wildman–Crippen LogP) is 3.04. The van der Waals surface area contributed by atoms with E-state index >= 15 is 0 Å². The molecule has 0 spiro atoms. The first kappa shape index (κ1) is 11.7. The van der Waals surface area contributed by atoms with E-state index in [1.165, 1.54) is 16.5 Å². The highest BCUT2D eigenvalue weighted by molar-refractivity contribution is 5.86. The molecule has 0 amide bonds. The van der Waals surface area contributed by atoms with Crippen molar-refractivity contribution in [3.8, 4) is 0 Å².